The summed E-state index contributed by atoms with van der Waals surface area (Å²) in [6.45, 7) is 0. The van der Waals surface area contributed by atoms with Crippen LogP contribution in [0.3, 0.4) is 0 Å². The first-order valence-electron chi connectivity index (χ1n) is 1.23. The van der Waals surface area contributed by atoms with E-state index in [1.54, 1.807) is 0 Å². The molecule has 41 valence electrons. The molecule has 0 aromatic rings. The minimum Gasteiger partial charge on any atom is -0.262 e. The highest BCUT2D eigenvalue weighted by atomic mass is 32.2. The van der Waals surface area contributed by atoms with Crippen molar-refractivity contribution in [2.24, 2.45) is 5.14 Å². The average molecular weight is 123 g/mol. The molecule has 0 unspecified atom stereocenters. The fraction of sp³-hybridized carbons (Fsp3) is 0. The summed E-state index contributed by atoms with van der Waals surface area (Å²) in [4.78, 5) is 9.13. The van der Waals surface area contributed by atoms with Crippen molar-refractivity contribution in [3.8, 4) is 0 Å². The third-order valence-electron chi connectivity index (χ3n) is 0.184. The third-order valence-corrected chi connectivity index (χ3v) is 0.552. The van der Waals surface area contributed by atoms with Crippen LogP contribution in [0, 0.1) is 0 Å². The maximum absolute atomic E-state index is 9.64. The van der Waals surface area contributed by atoms with Crippen LogP contribution < -0.4 is 9.86 Å². The predicted molar refractivity (Wildman–Crippen MR) is 21.9 cm³/mol. The normalized spacial score (nSPS) is 10.4. The van der Waals surface area contributed by atoms with Gasteiger partial charge in [0.15, 0.2) is 0 Å². The van der Waals surface area contributed by atoms with Gasteiger partial charge < -0.3 is 0 Å². The Morgan fingerprint density at radius 1 is 1.57 bits per heavy atom. The Morgan fingerprint density at radius 2 is 2.00 bits per heavy atom. The van der Waals surface area contributed by atoms with Gasteiger partial charge in [-0.1, -0.05) is 0 Å². The molecule has 1 amide bonds. The molecule has 7 heavy (non-hydrogen) atoms. The Morgan fingerprint density at radius 3 is 2.00 bits per heavy atom. The van der Waals surface area contributed by atoms with Crippen LogP contribution in [0.15, 0.2) is 0 Å². The lowest BCUT2D eigenvalue weighted by molar-refractivity contribution is 0.547. The lowest BCUT2D eigenvalue weighted by atomic mass is 11.5. The second kappa shape index (κ2) is 1.90. The third kappa shape index (κ3) is 5.38. The van der Waals surface area contributed by atoms with Crippen LogP contribution in [-0.4, -0.2) is 14.8 Å². The maximum Gasteiger partial charge on any atom is 0.324 e. The molecule has 0 aromatic heterocycles. The van der Waals surface area contributed by atoms with Crippen LogP contribution in [-0.2, 0) is 15.0 Å². The van der Waals surface area contributed by atoms with Gasteiger partial charge in [0.1, 0.15) is 0 Å². The number of carbonyl (C=O) groups excluding carboxylic acids is 1. The molecule has 0 aliphatic carbocycles. The zero-order chi connectivity index (χ0) is 5.91. The van der Waals surface area contributed by atoms with Crippen LogP contribution >= 0.6 is 0 Å². The summed E-state index contributed by atoms with van der Waals surface area (Å²) in [7, 11) is -3.85. The highest BCUT2D eigenvalue weighted by molar-refractivity contribution is 7.87. The molecule has 0 aromatic carbocycles. The molecule has 0 heterocycles. The Balaban J connectivity index is 3.84. The first-order chi connectivity index (χ1) is 3.06. The summed E-state index contributed by atoms with van der Waals surface area (Å²) < 4.78 is 20.5. The SMILES string of the molecule is NS(=O)(=O)N[C]=O. The van der Waals surface area contributed by atoms with Crippen molar-refractivity contribution in [2.45, 2.75) is 0 Å². The Bertz CT molecular complexity index is 146. The van der Waals surface area contributed by atoms with E-state index in [0.717, 1.165) is 6.41 Å². The van der Waals surface area contributed by atoms with E-state index in [1.807, 2.05) is 0 Å². The van der Waals surface area contributed by atoms with Gasteiger partial charge in [0, 0.05) is 0 Å². The van der Waals surface area contributed by atoms with E-state index in [1.165, 1.54) is 4.72 Å². The van der Waals surface area contributed by atoms with Crippen LogP contribution in [0.25, 0.3) is 0 Å². The molecule has 0 atom stereocenters. The van der Waals surface area contributed by atoms with Gasteiger partial charge in [0.05, 0.1) is 0 Å². The van der Waals surface area contributed by atoms with Crippen LogP contribution in [0.5, 0.6) is 0 Å². The Hall–Kier alpha value is -0.620. The fourth-order valence-electron chi connectivity index (χ4n) is 0.0581. The van der Waals surface area contributed by atoms with Crippen LogP contribution in [0.1, 0.15) is 0 Å². The van der Waals surface area contributed by atoms with E-state index in [4.69, 9.17) is 4.79 Å². The van der Waals surface area contributed by atoms with Crippen molar-refractivity contribution in [3.05, 3.63) is 0 Å². The summed E-state index contributed by atoms with van der Waals surface area (Å²) >= 11 is 0. The van der Waals surface area contributed by atoms with Crippen molar-refractivity contribution in [1.82, 2.24) is 4.72 Å². The molecule has 0 spiro atoms. The predicted octanol–water partition coefficient (Wildman–Crippen LogP) is -2.15. The second-order valence-corrected chi connectivity index (χ2v) is 2.04. The molecule has 6 heteroatoms. The number of hydrogen-bond acceptors (Lipinski definition) is 3. The van der Waals surface area contributed by atoms with E-state index in [2.05, 4.69) is 5.14 Å². The molecule has 5 nitrogen and oxygen atoms in total. The molecule has 3 N–H and O–H groups in total. The Kier molecular flexibility index (Phi) is 1.73. The lowest BCUT2D eigenvalue weighted by Crippen LogP contribution is -2.29. The van der Waals surface area contributed by atoms with Crippen molar-refractivity contribution in [3.63, 3.8) is 0 Å². The monoisotopic (exact) mass is 123 g/mol. The topological polar surface area (TPSA) is 89.3 Å². The van der Waals surface area contributed by atoms with E-state index >= 15 is 0 Å². The summed E-state index contributed by atoms with van der Waals surface area (Å²) in [5, 5.41) is 4.24. The molecule has 1 radical (unpaired) electrons. The quantitative estimate of drug-likeness (QED) is 0.410. The number of hydrogen-bond donors (Lipinski definition) is 2. The summed E-state index contributed by atoms with van der Waals surface area (Å²) in [6, 6.07) is 0. The largest absolute Gasteiger partial charge is 0.324 e. The molecular weight excluding hydrogens is 120 g/mol. The highest BCUT2D eigenvalue weighted by Crippen LogP contribution is 1.55. The number of rotatable bonds is 2. The van der Waals surface area contributed by atoms with Gasteiger partial charge in [0.25, 0.3) is 10.2 Å². The highest BCUT2D eigenvalue weighted by Gasteiger charge is 1.93. The minimum absolute atomic E-state index is 0.895. The average Bonchev–Trinajstić information content (AvgIpc) is 1.30. The summed E-state index contributed by atoms with van der Waals surface area (Å²) in [6.07, 6.45) is 0.895. The zero-order valence-corrected chi connectivity index (χ0v) is 4.03. The second-order valence-electron chi connectivity index (χ2n) is 0.749. The van der Waals surface area contributed by atoms with E-state index < -0.39 is 10.2 Å². The van der Waals surface area contributed by atoms with E-state index in [-0.39, 0.29) is 0 Å². The molecule has 0 bridgehead atoms. The van der Waals surface area contributed by atoms with Gasteiger partial charge in [-0.2, -0.15) is 8.42 Å². The van der Waals surface area contributed by atoms with Gasteiger partial charge in [-0.05, 0) is 0 Å². The molecule has 0 rings (SSSR count). The van der Waals surface area contributed by atoms with E-state index in [0.29, 0.717) is 0 Å². The van der Waals surface area contributed by atoms with Crippen LogP contribution in [0.4, 0.5) is 0 Å². The molecule has 0 saturated carbocycles. The molecule has 0 aliphatic heterocycles. The molecular formula is CH3N2O3S. The summed E-state index contributed by atoms with van der Waals surface area (Å²) in [5.41, 5.74) is 0. The number of amides is 1. The van der Waals surface area contributed by atoms with Gasteiger partial charge in [-0.3, -0.25) is 4.79 Å². The first-order valence-corrected chi connectivity index (χ1v) is 2.77. The van der Waals surface area contributed by atoms with Crippen LogP contribution in [0.2, 0.25) is 0 Å². The Labute approximate surface area is 40.7 Å². The van der Waals surface area contributed by atoms with Crippen molar-refractivity contribution in [2.75, 3.05) is 0 Å². The molecule has 0 fully saturated rings. The number of nitrogens with two attached hydrogens (primary N) is 1. The molecule has 0 saturated heterocycles. The lowest BCUT2D eigenvalue weighted by Gasteiger charge is -1.84. The standard InChI is InChI=1S/CH3N2O3S/c2-7(5,6)3-1-4/h(H,3,4)(H2,2,5,6). The smallest absolute Gasteiger partial charge is 0.262 e. The van der Waals surface area contributed by atoms with Gasteiger partial charge in [0.2, 0.25) is 0 Å². The van der Waals surface area contributed by atoms with Gasteiger partial charge in [-0.25, -0.2) is 9.86 Å². The van der Waals surface area contributed by atoms with Gasteiger partial charge >= 0.3 is 6.41 Å². The fourth-order valence-corrected chi connectivity index (χ4v) is 0.174. The first kappa shape index (κ1) is 6.38. The van der Waals surface area contributed by atoms with Crippen molar-refractivity contribution < 1.29 is 13.2 Å². The molecule has 0 aliphatic rings. The minimum atomic E-state index is -3.85. The van der Waals surface area contributed by atoms with E-state index in [9.17, 15) is 8.42 Å². The summed E-state index contributed by atoms with van der Waals surface area (Å²) in [5.74, 6) is 0. The number of nitrogens with one attached hydrogen (secondary N) is 1. The van der Waals surface area contributed by atoms with Gasteiger partial charge in [-0.15, -0.1) is 0 Å². The van der Waals surface area contributed by atoms with Crippen molar-refractivity contribution in [1.29, 1.82) is 0 Å². The zero-order valence-electron chi connectivity index (χ0n) is 3.21. The maximum atomic E-state index is 9.64. The van der Waals surface area contributed by atoms with Crippen molar-refractivity contribution >= 4 is 16.6 Å².